The van der Waals surface area contributed by atoms with Gasteiger partial charge in [-0.15, -0.1) is 11.3 Å². The predicted molar refractivity (Wildman–Crippen MR) is 109 cm³/mol. The molecule has 0 radical (unpaired) electrons. The molecule has 3 rings (SSSR count). The van der Waals surface area contributed by atoms with Crippen molar-refractivity contribution < 1.29 is 14.3 Å². The van der Waals surface area contributed by atoms with E-state index in [4.69, 9.17) is 14.5 Å². The van der Waals surface area contributed by atoms with Crippen molar-refractivity contribution in [1.82, 2.24) is 9.97 Å². The molecule has 2 aromatic heterocycles. The number of hydrogen-bond donors (Lipinski definition) is 1. The fourth-order valence-corrected chi connectivity index (χ4v) is 4.26. The van der Waals surface area contributed by atoms with Crippen LogP contribution in [0.3, 0.4) is 0 Å². The first-order chi connectivity index (χ1) is 12.9. The number of ether oxygens (including phenoxy) is 2. The molecule has 27 heavy (non-hydrogen) atoms. The number of aromatic nitrogens is 2. The molecule has 0 saturated heterocycles. The van der Waals surface area contributed by atoms with Gasteiger partial charge in [0.1, 0.15) is 10.7 Å². The molecule has 0 spiro atoms. The molecule has 0 unspecified atom stereocenters. The molecule has 0 bridgehead atoms. The summed E-state index contributed by atoms with van der Waals surface area (Å²) in [6, 6.07) is 5.84. The van der Waals surface area contributed by atoms with Gasteiger partial charge in [-0.3, -0.25) is 4.79 Å². The normalized spacial score (nSPS) is 10.9. The topological polar surface area (TPSA) is 64.2 Å². The molecule has 0 aliphatic heterocycles. The summed E-state index contributed by atoms with van der Waals surface area (Å²) in [6.07, 6.45) is 0. The van der Waals surface area contributed by atoms with Gasteiger partial charge in [-0.25, -0.2) is 4.98 Å². The molecule has 0 fully saturated rings. The van der Waals surface area contributed by atoms with E-state index in [1.54, 1.807) is 25.4 Å². The Balaban J connectivity index is 2.06. The van der Waals surface area contributed by atoms with Crippen LogP contribution >= 0.6 is 11.3 Å². The van der Waals surface area contributed by atoms with Crippen LogP contribution in [0.1, 0.15) is 40.3 Å². The summed E-state index contributed by atoms with van der Waals surface area (Å²) in [5, 5.41) is 0.903. The smallest absolute Gasteiger partial charge is 0.161 e. The Morgan fingerprint density at radius 2 is 1.96 bits per heavy atom. The highest BCUT2D eigenvalue weighted by molar-refractivity contribution is 7.15. The third-order valence-electron chi connectivity index (χ3n) is 4.53. The Morgan fingerprint density at radius 3 is 2.56 bits per heavy atom. The van der Waals surface area contributed by atoms with Gasteiger partial charge in [-0.05, 0) is 58.4 Å². The maximum Gasteiger partial charge on any atom is 0.161 e. The second-order valence-corrected chi connectivity index (χ2v) is 7.61. The highest BCUT2D eigenvalue weighted by atomic mass is 32.1. The highest BCUT2D eigenvalue weighted by Gasteiger charge is 2.20. The third kappa shape index (κ3) is 3.49. The van der Waals surface area contributed by atoms with Crippen molar-refractivity contribution in [2.24, 2.45) is 0 Å². The largest absolute Gasteiger partial charge is 0.493 e. The first-order valence-electron chi connectivity index (χ1n) is 8.86. The van der Waals surface area contributed by atoms with Gasteiger partial charge in [-0.1, -0.05) is 0 Å². The van der Waals surface area contributed by atoms with E-state index in [0.717, 1.165) is 49.4 Å². The van der Waals surface area contributed by atoms with Gasteiger partial charge >= 0.3 is 0 Å². The molecule has 0 saturated carbocycles. The first kappa shape index (κ1) is 19.2. The van der Waals surface area contributed by atoms with E-state index in [-0.39, 0.29) is 5.78 Å². The molecular weight excluding hydrogens is 360 g/mol. The lowest BCUT2D eigenvalue weighted by Crippen LogP contribution is -1.95. The van der Waals surface area contributed by atoms with Crippen molar-refractivity contribution in [2.75, 3.05) is 13.7 Å². The van der Waals surface area contributed by atoms with Crippen LogP contribution in [0.15, 0.2) is 18.2 Å². The minimum atomic E-state index is 0.0665. The number of benzene rings is 1. The van der Waals surface area contributed by atoms with Crippen molar-refractivity contribution in [3.63, 3.8) is 0 Å². The van der Waals surface area contributed by atoms with Gasteiger partial charge in [0.2, 0.25) is 0 Å². The quantitative estimate of drug-likeness (QED) is 0.583. The molecule has 1 aromatic carbocycles. The maximum absolute atomic E-state index is 11.9. The second kappa shape index (κ2) is 7.56. The second-order valence-electron chi connectivity index (χ2n) is 6.40. The van der Waals surface area contributed by atoms with Crippen LogP contribution in [-0.2, 0) is 0 Å². The standard InChI is InChI=1S/C21H24N2O3S/c1-7-26-16-9-8-15(10-17(16)25-6)21-23-20(14(5)27-21)19-11(2)18(13(4)24)12(3)22-19/h8-10,22H,7H2,1-6H3. The first-order valence-corrected chi connectivity index (χ1v) is 9.68. The Labute approximate surface area is 163 Å². The number of rotatable bonds is 6. The van der Waals surface area contributed by atoms with Crippen molar-refractivity contribution in [2.45, 2.75) is 34.6 Å². The van der Waals surface area contributed by atoms with E-state index < -0.39 is 0 Å². The van der Waals surface area contributed by atoms with Crippen LogP contribution in [0.4, 0.5) is 0 Å². The minimum Gasteiger partial charge on any atom is -0.493 e. The molecule has 142 valence electrons. The van der Waals surface area contributed by atoms with Gasteiger partial charge in [0.25, 0.3) is 0 Å². The number of Topliss-reactive ketones (excluding diaryl/α,β-unsaturated/α-hetero) is 1. The molecule has 0 amide bonds. The summed E-state index contributed by atoms with van der Waals surface area (Å²) in [5.41, 5.74) is 5.35. The molecule has 0 aliphatic carbocycles. The van der Waals surface area contributed by atoms with E-state index in [1.165, 1.54) is 0 Å². The monoisotopic (exact) mass is 384 g/mol. The summed E-state index contributed by atoms with van der Waals surface area (Å²) >= 11 is 1.62. The number of aryl methyl sites for hydroxylation is 2. The van der Waals surface area contributed by atoms with Crippen LogP contribution in [0.25, 0.3) is 22.0 Å². The Hall–Kier alpha value is -2.60. The van der Waals surface area contributed by atoms with E-state index >= 15 is 0 Å². The van der Waals surface area contributed by atoms with Crippen LogP contribution in [0.5, 0.6) is 11.5 Å². The molecular formula is C21H24N2O3S. The summed E-state index contributed by atoms with van der Waals surface area (Å²) in [5.74, 6) is 1.48. The fourth-order valence-electron chi connectivity index (χ4n) is 3.34. The highest BCUT2D eigenvalue weighted by Crippen LogP contribution is 2.38. The number of aromatic amines is 1. The van der Waals surface area contributed by atoms with E-state index in [1.807, 2.05) is 45.9 Å². The zero-order chi connectivity index (χ0) is 19.7. The molecule has 2 heterocycles. The van der Waals surface area contributed by atoms with Crippen LogP contribution in [0.2, 0.25) is 0 Å². The van der Waals surface area contributed by atoms with Crippen LogP contribution < -0.4 is 9.47 Å². The zero-order valence-electron chi connectivity index (χ0n) is 16.5. The van der Waals surface area contributed by atoms with Gasteiger partial charge in [0.05, 0.1) is 19.4 Å². The third-order valence-corrected chi connectivity index (χ3v) is 5.55. The van der Waals surface area contributed by atoms with Gasteiger partial charge < -0.3 is 14.5 Å². The number of methoxy groups -OCH3 is 1. The number of carbonyl (C=O) groups is 1. The fraction of sp³-hybridized carbons (Fsp3) is 0.333. The molecule has 1 N–H and O–H groups in total. The number of ketones is 1. The average molecular weight is 385 g/mol. The zero-order valence-corrected chi connectivity index (χ0v) is 17.3. The summed E-state index contributed by atoms with van der Waals surface area (Å²) in [6.45, 7) is 10.1. The predicted octanol–water partition coefficient (Wildman–Crippen LogP) is 5.34. The lowest BCUT2D eigenvalue weighted by Gasteiger charge is -2.09. The maximum atomic E-state index is 11.9. The molecule has 5 nitrogen and oxygen atoms in total. The SMILES string of the molecule is CCOc1ccc(-c2nc(-c3[nH]c(C)c(C(C)=O)c3C)c(C)s2)cc1OC. The summed E-state index contributed by atoms with van der Waals surface area (Å²) in [7, 11) is 1.63. The van der Waals surface area contributed by atoms with Gasteiger partial charge in [0.15, 0.2) is 17.3 Å². The van der Waals surface area contributed by atoms with Crippen molar-refractivity contribution >= 4 is 17.1 Å². The average Bonchev–Trinajstić information content (AvgIpc) is 3.14. The molecule has 6 heteroatoms. The number of hydrogen-bond acceptors (Lipinski definition) is 5. The van der Waals surface area contributed by atoms with Crippen molar-refractivity contribution in [1.29, 1.82) is 0 Å². The van der Waals surface area contributed by atoms with Crippen LogP contribution in [0, 0.1) is 20.8 Å². The van der Waals surface area contributed by atoms with Crippen molar-refractivity contribution in [3.8, 4) is 33.5 Å². The summed E-state index contributed by atoms with van der Waals surface area (Å²) in [4.78, 5) is 21.2. The van der Waals surface area contributed by atoms with Crippen molar-refractivity contribution in [3.05, 3.63) is 39.9 Å². The van der Waals surface area contributed by atoms with Crippen LogP contribution in [-0.4, -0.2) is 29.5 Å². The Bertz CT molecular complexity index is 1000. The Kier molecular flexibility index (Phi) is 5.37. The minimum absolute atomic E-state index is 0.0665. The van der Waals surface area contributed by atoms with E-state index in [0.29, 0.717) is 12.4 Å². The lowest BCUT2D eigenvalue weighted by molar-refractivity contribution is 0.101. The van der Waals surface area contributed by atoms with E-state index in [2.05, 4.69) is 4.98 Å². The number of carbonyl (C=O) groups excluding carboxylic acids is 1. The molecule has 3 aromatic rings. The summed E-state index contributed by atoms with van der Waals surface area (Å²) < 4.78 is 11.0. The van der Waals surface area contributed by atoms with Gasteiger partial charge in [-0.2, -0.15) is 0 Å². The molecule has 0 atom stereocenters. The van der Waals surface area contributed by atoms with Gasteiger partial charge in [0, 0.05) is 21.7 Å². The Morgan fingerprint density at radius 1 is 1.22 bits per heavy atom. The number of H-pyrrole nitrogens is 1. The number of nitrogens with zero attached hydrogens (tertiary/aromatic N) is 1. The van der Waals surface area contributed by atoms with E-state index in [9.17, 15) is 4.79 Å². The number of nitrogens with one attached hydrogen (secondary N) is 1. The number of thiazole rings is 1. The molecule has 0 aliphatic rings. The lowest BCUT2D eigenvalue weighted by atomic mass is 10.1.